The maximum Gasteiger partial charge on any atom is 0.264 e. The minimum Gasteiger partial charge on any atom is -0.494 e. The van der Waals surface area contributed by atoms with Gasteiger partial charge in [-0.1, -0.05) is 48.9 Å². The molecule has 0 aliphatic heterocycles. The first-order valence-electron chi connectivity index (χ1n) is 14.2. The number of benzene rings is 3. The fourth-order valence-corrected chi connectivity index (χ4v) is 6.00. The summed E-state index contributed by atoms with van der Waals surface area (Å²) in [4.78, 5) is 29.2. The SMILES string of the molecule is CCOc1ccc(S(=O)(=O)N(CC(=O)N(Cc2ccccc2C)[C@@H](CC)C(=O)NC(C)(C)C)c2ccc(C)cc2)cc1. The molecule has 0 saturated carbocycles. The van der Waals surface area contributed by atoms with Crippen LogP contribution in [-0.4, -0.2) is 49.9 Å². The number of carbonyl (C=O) groups excluding carboxylic acids is 2. The van der Waals surface area contributed by atoms with E-state index in [1.807, 2.05) is 72.7 Å². The number of rotatable bonds is 12. The molecule has 3 rings (SSSR count). The van der Waals surface area contributed by atoms with Gasteiger partial charge in [-0.3, -0.25) is 13.9 Å². The fourth-order valence-electron chi connectivity index (χ4n) is 4.58. The van der Waals surface area contributed by atoms with Crippen molar-refractivity contribution in [3.63, 3.8) is 0 Å². The highest BCUT2D eigenvalue weighted by atomic mass is 32.2. The van der Waals surface area contributed by atoms with Gasteiger partial charge < -0.3 is 15.0 Å². The van der Waals surface area contributed by atoms with E-state index in [1.165, 1.54) is 17.0 Å². The summed E-state index contributed by atoms with van der Waals surface area (Å²) < 4.78 is 34.7. The molecule has 1 N–H and O–H groups in total. The van der Waals surface area contributed by atoms with Crippen LogP contribution in [0.25, 0.3) is 0 Å². The van der Waals surface area contributed by atoms with Crippen molar-refractivity contribution in [2.24, 2.45) is 0 Å². The summed E-state index contributed by atoms with van der Waals surface area (Å²) in [5.41, 5.74) is 2.65. The predicted octanol–water partition coefficient (Wildman–Crippen LogP) is 5.62. The molecule has 0 bridgehead atoms. The average Bonchev–Trinajstić information content (AvgIpc) is 2.92. The number of nitrogens with one attached hydrogen (secondary N) is 1. The smallest absolute Gasteiger partial charge is 0.264 e. The van der Waals surface area contributed by atoms with E-state index in [4.69, 9.17) is 4.74 Å². The molecule has 42 heavy (non-hydrogen) atoms. The van der Waals surface area contributed by atoms with Crippen molar-refractivity contribution in [1.29, 1.82) is 0 Å². The number of hydrogen-bond acceptors (Lipinski definition) is 5. The van der Waals surface area contributed by atoms with Crippen molar-refractivity contribution in [3.05, 3.63) is 89.5 Å². The van der Waals surface area contributed by atoms with Crippen LogP contribution in [0.4, 0.5) is 5.69 Å². The topological polar surface area (TPSA) is 96.0 Å². The van der Waals surface area contributed by atoms with E-state index in [-0.39, 0.29) is 17.3 Å². The number of carbonyl (C=O) groups is 2. The summed E-state index contributed by atoms with van der Waals surface area (Å²) in [6, 6.07) is 20.0. The van der Waals surface area contributed by atoms with Crippen LogP contribution in [0.3, 0.4) is 0 Å². The summed E-state index contributed by atoms with van der Waals surface area (Å²) in [5.74, 6) is -0.220. The molecule has 2 amide bonds. The zero-order chi connectivity index (χ0) is 31.1. The van der Waals surface area contributed by atoms with Crippen molar-refractivity contribution in [2.45, 2.75) is 77.9 Å². The Labute approximate surface area is 250 Å². The van der Waals surface area contributed by atoms with Gasteiger partial charge in [0.1, 0.15) is 18.3 Å². The number of hydrogen-bond donors (Lipinski definition) is 1. The molecule has 226 valence electrons. The van der Waals surface area contributed by atoms with Gasteiger partial charge in [-0.15, -0.1) is 0 Å². The van der Waals surface area contributed by atoms with E-state index in [1.54, 1.807) is 36.4 Å². The standard InChI is InChI=1S/C33H43N3O5S/c1-8-30(32(38)34-33(5,6)7)35(22-26-13-11-10-12-25(26)4)31(37)23-36(27-16-14-24(3)15-17-27)42(39,40)29-20-18-28(19-21-29)41-9-2/h10-21,30H,8-9,22-23H2,1-7H3,(H,34,38)/t30-/m0/s1. The Kier molecular flexibility index (Phi) is 10.8. The molecule has 0 aliphatic rings. The second-order valence-corrected chi connectivity index (χ2v) is 13.2. The molecule has 3 aromatic rings. The van der Waals surface area contributed by atoms with E-state index in [9.17, 15) is 18.0 Å². The normalized spacial score (nSPS) is 12.4. The average molecular weight is 594 g/mol. The zero-order valence-electron chi connectivity index (χ0n) is 25.7. The molecule has 0 spiro atoms. The van der Waals surface area contributed by atoms with Crippen LogP contribution in [0.2, 0.25) is 0 Å². The highest BCUT2D eigenvalue weighted by molar-refractivity contribution is 7.92. The molecular formula is C33H43N3O5S. The van der Waals surface area contributed by atoms with Crippen LogP contribution < -0.4 is 14.4 Å². The zero-order valence-corrected chi connectivity index (χ0v) is 26.5. The van der Waals surface area contributed by atoms with Crippen molar-refractivity contribution in [3.8, 4) is 5.75 Å². The molecule has 0 unspecified atom stereocenters. The quantitative estimate of drug-likeness (QED) is 0.294. The Hall–Kier alpha value is -3.85. The first kappa shape index (κ1) is 32.7. The van der Waals surface area contributed by atoms with E-state index in [0.717, 1.165) is 21.0 Å². The highest BCUT2D eigenvalue weighted by Crippen LogP contribution is 2.27. The lowest BCUT2D eigenvalue weighted by Gasteiger charge is -2.35. The predicted molar refractivity (Wildman–Crippen MR) is 167 cm³/mol. The lowest BCUT2D eigenvalue weighted by Crippen LogP contribution is -2.55. The van der Waals surface area contributed by atoms with Gasteiger partial charge in [0.05, 0.1) is 17.2 Å². The Bertz CT molecular complexity index is 1460. The molecule has 1 atom stereocenters. The van der Waals surface area contributed by atoms with Crippen LogP contribution in [0, 0.1) is 13.8 Å². The molecule has 0 aliphatic carbocycles. The van der Waals surface area contributed by atoms with Crippen molar-refractivity contribution < 1.29 is 22.7 Å². The number of anilines is 1. The fraction of sp³-hybridized carbons (Fsp3) is 0.394. The Morgan fingerprint density at radius 3 is 2.07 bits per heavy atom. The van der Waals surface area contributed by atoms with Gasteiger partial charge in [-0.05, 0) is 95.5 Å². The van der Waals surface area contributed by atoms with Crippen molar-refractivity contribution in [2.75, 3.05) is 17.5 Å². The molecule has 0 heterocycles. The number of ether oxygens (including phenoxy) is 1. The van der Waals surface area contributed by atoms with Crippen molar-refractivity contribution >= 4 is 27.5 Å². The van der Waals surface area contributed by atoms with Gasteiger partial charge in [0.25, 0.3) is 10.0 Å². The molecule has 8 nitrogen and oxygen atoms in total. The van der Waals surface area contributed by atoms with Crippen LogP contribution in [-0.2, 0) is 26.2 Å². The maximum absolute atomic E-state index is 14.2. The van der Waals surface area contributed by atoms with E-state index < -0.39 is 34.1 Å². The Morgan fingerprint density at radius 1 is 0.905 bits per heavy atom. The number of nitrogens with zero attached hydrogens (tertiary/aromatic N) is 2. The van der Waals surface area contributed by atoms with Gasteiger partial charge in [-0.25, -0.2) is 8.42 Å². The first-order valence-corrected chi connectivity index (χ1v) is 15.7. The molecule has 9 heteroatoms. The summed E-state index contributed by atoms with van der Waals surface area (Å²) in [6.07, 6.45) is 0.357. The van der Waals surface area contributed by atoms with Crippen LogP contribution in [0.15, 0.2) is 77.7 Å². The monoisotopic (exact) mass is 593 g/mol. The lowest BCUT2D eigenvalue weighted by atomic mass is 10.0. The second kappa shape index (κ2) is 13.9. The van der Waals surface area contributed by atoms with E-state index in [0.29, 0.717) is 24.5 Å². The third kappa shape index (κ3) is 8.35. The first-order chi connectivity index (χ1) is 19.8. The van der Waals surface area contributed by atoms with Gasteiger partial charge in [-0.2, -0.15) is 0 Å². The number of sulfonamides is 1. The van der Waals surface area contributed by atoms with Gasteiger partial charge in [0.15, 0.2) is 0 Å². The Balaban J connectivity index is 2.07. The summed E-state index contributed by atoms with van der Waals surface area (Å²) in [7, 11) is -4.16. The largest absolute Gasteiger partial charge is 0.494 e. The van der Waals surface area contributed by atoms with Crippen LogP contribution >= 0.6 is 0 Å². The maximum atomic E-state index is 14.2. The molecule has 3 aromatic carbocycles. The third-order valence-corrected chi connectivity index (χ3v) is 8.60. The van der Waals surface area contributed by atoms with Gasteiger partial charge >= 0.3 is 0 Å². The van der Waals surface area contributed by atoms with Crippen molar-refractivity contribution in [1.82, 2.24) is 10.2 Å². The van der Waals surface area contributed by atoms with Gasteiger partial charge in [0.2, 0.25) is 11.8 Å². The minimum atomic E-state index is -4.16. The van der Waals surface area contributed by atoms with Crippen LogP contribution in [0.5, 0.6) is 5.75 Å². The van der Waals surface area contributed by atoms with E-state index >= 15 is 0 Å². The molecule has 0 aromatic heterocycles. The Morgan fingerprint density at radius 2 is 1.52 bits per heavy atom. The van der Waals surface area contributed by atoms with Gasteiger partial charge in [0, 0.05) is 12.1 Å². The number of aryl methyl sites for hydroxylation is 2. The third-order valence-electron chi connectivity index (χ3n) is 6.81. The summed E-state index contributed by atoms with van der Waals surface area (Å²) in [5, 5.41) is 2.99. The van der Waals surface area contributed by atoms with E-state index in [2.05, 4.69) is 5.32 Å². The highest BCUT2D eigenvalue weighted by Gasteiger charge is 2.34. The lowest BCUT2D eigenvalue weighted by molar-refractivity contribution is -0.141. The minimum absolute atomic E-state index is 0.0299. The molecule has 0 saturated heterocycles. The van der Waals surface area contributed by atoms with Crippen LogP contribution in [0.1, 0.15) is 57.7 Å². The second-order valence-electron chi connectivity index (χ2n) is 11.4. The molecule has 0 fully saturated rings. The molecule has 0 radical (unpaired) electrons. The summed E-state index contributed by atoms with van der Waals surface area (Å²) in [6.45, 7) is 13.3. The molecular weight excluding hydrogens is 550 g/mol. The number of amides is 2. The summed E-state index contributed by atoms with van der Waals surface area (Å²) >= 11 is 0.